The zero-order valence-electron chi connectivity index (χ0n) is 32.4. The van der Waals surface area contributed by atoms with Gasteiger partial charge in [0.05, 0.1) is 0 Å². The van der Waals surface area contributed by atoms with Crippen LogP contribution in [0.3, 0.4) is 0 Å². The predicted molar refractivity (Wildman–Crippen MR) is 244 cm³/mol. The molecule has 1 aromatic heterocycles. The average Bonchev–Trinajstić information content (AvgIpc) is 3.78. The largest absolute Gasteiger partial charge is 0.455 e. The van der Waals surface area contributed by atoms with E-state index in [0.29, 0.717) is 0 Å². The lowest BCUT2D eigenvalue weighted by Gasteiger charge is -2.29. The van der Waals surface area contributed by atoms with E-state index in [9.17, 15) is 0 Å². The lowest BCUT2D eigenvalue weighted by molar-refractivity contribution is 0.660. The highest BCUT2D eigenvalue weighted by molar-refractivity contribution is 6.19. The number of rotatable bonds is 7. The molecule has 0 saturated heterocycles. The minimum atomic E-state index is -0.0897. The topological polar surface area (TPSA) is 19.6 Å². The molecule has 9 aromatic carbocycles. The fourth-order valence-corrected chi connectivity index (χ4v) is 9.22. The Morgan fingerprint density at radius 2 is 0.914 bits per heavy atom. The van der Waals surface area contributed by atoms with Crippen LogP contribution in [0.15, 0.2) is 211 Å². The molecule has 0 aliphatic heterocycles. The summed E-state index contributed by atoms with van der Waals surface area (Å²) >= 11 is 0. The van der Waals surface area contributed by atoms with Crippen molar-refractivity contribution in [3.05, 3.63) is 217 Å². The van der Waals surface area contributed by atoms with Crippen molar-refractivity contribution in [1.82, 2.24) is 0 Å². The number of benzene rings is 9. The second-order valence-corrected chi connectivity index (χ2v) is 15.7. The molecule has 10 aromatic rings. The third-order valence-corrected chi connectivity index (χ3v) is 12.0. The van der Waals surface area contributed by atoms with Gasteiger partial charge in [0.25, 0.3) is 0 Å². The molecule has 1 aliphatic rings. The number of anilines is 6. The summed E-state index contributed by atoms with van der Waals surface area (Å²) in [5, 5.41) is 4.60. The van der Waals surface area contributed by atoms with Crippen LogP contribution in [0.5, 0.6) is 0 Å². The van der Waals surface area contributed by atoms with Gasteiger partial charge in [-0.3, -0.25) is 0 Å². The van der Waals surface area contributed by atoms with E-state index >= 15 is 0 Å². The zero-order valence-corrected chi connectivity index (χ0v) is 32.4. The molecule has 0 amide bonds. The van der Waals surface area contributed by atoms with Crippen molar-refractivity contribution in [1.29, 1.82) is 0 Å². The van der Waals surface area contributed by atoms with Crippen LogP contribution < -0.4 is 9.80 Å². The number of para-hydroxylation sites is 2. The fraction of sp³-hybridized carbons (Fsp3) is 0.0545. The number of furan rings is 1. The van der Waals surface area contributed by atoms with Crippen LogP contribution >= 0.6 is 0 Å². The maximum Gasteiger partial charge on any atom is 0.143 e. The molecular weight excluding hydrogens is 705 g/mol. The van der Waals surface area contributed by atoms with Crippen LogP contribution in [0.1, 0.15) is 25.0 Å². The Morgan fingerprint density at radius 3 is 1.62 bits per heavy atom. The van der Waals surface area contributed by atoms with Gasteiger partial charge in [-0.15, -0.1) is 0 Å². The van der Waals surface area contributed by atoms with Crippen LogP contribution in [0.2, 0.25) is 0 Å². The SMILES string of the molecule is CC1(C)c2ccccc2-c2ccc(N(c3ccccc3)c3ccc(N(c4ccccc4)c4ccc(-c5cccc6oc7c8ccccc8ccc7c56)cc4)cc3)cc21. The molecule has 0 atom stereocenters. The number of hydrogen-bond acceptors (Lipinski definition) is 3. The molecule has 1 heterocycles. The molecule has 11 rings (SSSR count). The molecule has 0 bridgehead atoms. The number of hydrogen-bond donors (Lipinski definition) is 0. The molecule has 0 fully saturated rings. The van der Waals surface area contributed by atoms with Gasteiger partial charge >= 0.3 is 0 Å². The lowest BCUT2D eigenvalue weighted by Crippen LogP contribution is -2.16. The Hall–Kier alpha value is -7.36. The highest BCUT2D eigenvalue weighted by Gasteiger charge is 2.35. The highest BCUT2D eigenvalue weighted by atomic mass is 16.3. The third-order valence-electron chi connectivity index (χ3n) is 12.0. The minimum absolute atomic E-state index is 0.0897. The quantitative estimate of drug-likeness (QED) is 0.162. The molecule has 58 heavy (non-hydrogen) atoms. The first-order valence-corrected chi connectivity index (χ1v) is 20.0. The van der Waals surface area contributed by atoms with Crippen molar-refractivity contribution < 1.29 is 4.42 Å². The summed E-state index contributed by atoms with van der Waals surface area (Å²) in [6.45, 7) is 4.68. The third kappa shape index (κ3) is 5.43. The second kappa shape index (κ2) is 13.4. The summed E-state index contributed by atoms with van der Waals surface area (Å²) < 4.78 is 6.52. The Morgan fingerprint density at radius 1 is 0.379 bits per heavy atom. The first-order chi connectivity index (χ1) is 28.5. The van der Waals surface area contributed by atoms with E-state index in [4.69, 9.17) is 4.42 Å². The van der Waals surface area contributed by atoms with Crippen LogP contribution in [0.4, 0.5) is 34.1 Å². The molecule has 276 valence electrons. The monoisotopic (exact) mass is 744 g/mol. The van der Waals surface area contributed by atoms with Gasteiger partial charge in [-0.1, -0.05) is 135 Å². The predicted octanol–water partition coefficient (Wildman–Crippen LogP) is 15.7. The summed E-state index contributed by atoms with van der Waals surface area (Å²) in [4.78, 5) is 4.70. The van der Waals surface area contributed by atoms with E-state index in [-0.39, 0.29) is 5.41 Å². The van der Waals surface area contributed by atoms with E-state index in [2.05, 4.69) is 230 Å². The summed E-state index contributed by atoms with van der Waals surface area (Å²) in [6.07, 6.45) is 0. The van der Waals surface area contributed by atoms with Gasteiger partial charge < -0.3 is 14.2 Å². The molecule has 0 N–H and O–H groups in total. The van der Waals surface area contributed by atoms with Crippen molar-refractivity contribution in [3.8, 4) is 22.3 Å². The van der Waals surface area contributed by atoms with E-state index in [1.54, 1.807) is 0 Å². The Bertz CT molecular complexity index is 3130. The molecular formula is C55H40N2O. The van der Waals surface area contributed by atoms with E-state index in [0.717, 1.165) is 72.6 Å². The summed E-state index contributed by atoms with van der Waals surface area (Å²) in [5.74, 6) is 0. The number of nitrogens with zero attached hydrogens (tertiary/aromatic N) is 2. The zero-order chi connectivity index (χ0) is 38.8. The molecule has 0 unspecified atom stereocenters. The average molecular weight is 745 g/mol. The smallest absolute Gasteiger partial charge is 0.143 e. The molecule has 0 saturated carbocycles. The summed E-state index contributed by atoms with van der Waals surface area (Å²) in [7, 11) is 0. The van der Waals surface area contributed by atoms with Gasteiger partial charge in [0.15, 0.2) is 0 Å². The molecule has 3 nitrogen and oxygen atoms in total. The molecule has 0 spiro atoms. The Labute approximate surface area is 338 Å². The van der Waals surface area contributed by atoms with Crippen molar-refractivity contribution in [2.45, 2.75) is 19.3 Å². The van der Waals surface area contributed by atoms with Gasteiger partial charge in [-0.2, -0.15) is 0 Å². The van der Waals surface area contributed by atoms with Crippen LogP contribution in [0, 0.1) is 0 Å². The van der Waals surface area contributed by atoms with Gasteiger partial charge in [-0.05, 0) is 124 Å². The van der Waals surface area contributed by atoms with Gasteiger partial charge in [0, 0.05) is 55.7 Å². The van der Waals surface area contributed by atoms with E-state index in [1.807, 2.05) is 0 Å². The minimum Gasteiger partial charge on any atom is -0.455 e. The maximum absolute atomic E-state index is 6.52. The van der Waals surface area contributed by atoms with Crippen molar-refractivity contribution >= 4 is 66.8 Å². The first-order valence-electron chi connectivity index (χ1n) is 20.0. The second-order valence-electron chi connectivity index (χ2n) is 15.7. The highest BCUT2D eigenvalue weighted by Crippen LogP contribution is 2.51. The van der Waals surface area contributed by atoms with Crippen LogP contribution in [0.25, 0.3) is 55.0 Å². The van der Waals surface area contributed by atoms with Gasteiger partial charge in [0.1, 0.15) is 11.2 Å². The van der Waals surface area contributed by atoms with E-state index in [1.165, 1.54) is 27.6 Å². The molecule has 0 radical (unpaired) electrons. The molecule has 3 heteroatoms. The number of fused-ring (bicyclic) bond motifs is 8. The van der Waals surface area contributed by atoms with Crippen LogP contribution in [-0.4, -0.2) is 0 Å². The maximum atomic E-state index is 6.52. The van der Waals surface area contributed by atoms with Crippen molar-refractivity contribution in [2.75, 3.05) is 9.80 Å². The standard InChI is InChI=1S/C55H40N2O/c1-55(2)50-22-12-11-20-47(50)48-35-33-44(36-51(48)55)57(40-17-7-4-8-18-40)43-31-29-42(30-32-43)56(39-15-5-3-6-16-39)41-27-24-38(25-28-41)45-21-13-23-52-53(45)49-34-26-37-14-9-10-19-46(37)54(49)58-52/h3-36H,1-2H3. The van der Waals surface area contributed by atoms with Gasteiger partial charge in [-0.25, -0.2) is 0 Å². The van der Waals surface area contributed by atoms with Gasteiger partial charge in [0.2, 0.25) is 0 Å². The Kier molecular flexibility index (Phi) is 7.84. The summed E-state index contributed by atoms with van der Waals surface area (Å²) in [6, 6.07) is 74.2. The molecule has 1 aliphatic carbocycles. The van der Waals surface area contributed by atoms with Crippen molar-refractivity contribution in [3.63, 3.8) is 0 Å². The lowest BCUT2D eigenvalue weighted by atomic mass is 9.82. The van der Waals surface area contributed by atoms with Crippen molar-refractivity contribution in [2.24, 2.45) is 0 Å². The first kappa shape index (κ1) is 33.9. The van der Waals surface area contributed by atoms with Crippen LogP contribution in [-0.2, 0) is 5.41 Å². The Balaban J connectivity index is 0.975. The van der Waals surface area contributed by atoms with E-state index < -0.39 is 0 Å². The fourth-order valence-electron chi connectivity index (χ4n) is 9.22. The summed E-state index contributed by atoms with van der Waals surface area (Å²) in [5.41, 5.74) is 16.1. The normalized spacial score (nSPS) is 12.8.